The number of amides is 4. The van der Waals surface area contributed by atoms with Crippen LogP contribution in [0.1, 0.15) is 44.5 Å². The van der Waals surface area contributed by atoms with Crippen LogP contribution in [-0.2, 0) is 9.59 Å². The number of rotatable bonds is 4. The summed E-state index contributed by atoms with van der Waals surface area (Å²) >= 11 is 0. The predicted octanol–water partition coefficient (Wildman–Crippen LogP) is -0.293. The number of hydrogen-bond acceptors (Lipinski definition) is 7. The van der Waals surface area contributed by atoms with Gasteiger partial charge in [-0.15, -0.1) is 0 Å². The molecule has 0 saturated carbocycles. The summed E-state index contributed by atoms with van der Waals surface area (Å²) in [6.45, 7) is -13.7. The van der Waals surface area contributed by atoms with Crippen LogP contribution in [0.25, 0.3) is 0 Å². The highest BCUT2D eigenvalue weighted by Gasteiger charge is 2.47. The molecule has 0 aliphatic carbocycles. The van der Waals surface area contributed by atoms with E-state index in [-0.39, 0.29) is 23.7 Å². The van der Waals surface area contributed by atoms with Crippen molar-refractivity contribution in [2.24, 2.45) is 5.92 Å². The van der Waals surface area contributed by atoms with Crippen LogP contribution in [0.2, 0.25) is 0 Å². The van der Waals surface area contributed by atoms with Gasteiger partial charge in [-0.2, -0.15) is 0 Å². The first kappa shape index (κ1) is 13.6. The molecule has 4 amide bonds. The lowest BCUT2D eigenvalue weighted by molar-refractivity contribution is -0.136. The van der Waals surface area contributed by atoms with Crippen molar-refractivity contribution >= 4 is 29.3 Å². The lowest BCUT2D eigenvalue weighted by atomic mass is 10.0. The van der Waals surface area contributed by atoms with Crippen LogP contribution in [0.5, 0.6) is 0 Å². The van der Waals surface area contributed by atoms with Crippen molar-refractivity contribution in [2.45, 2.75) is 18.9 Å². The van der Waals surface area contributed by atoms with Crippen molar-refractivity contribution in [3.63, 3.8) is 0 Å². The minimum absolute atomic E-state index is 0.252. The molecule has 4 aliphatic heterocycles. The number of nitrogens with zero attached hydrogens (tertiary/aromatic N) is 3. The molecule has 9 nitrogen and oxygen atoms in total. The van der Waals surface area contributed by atoms with E-state index >= 15 is 8.78 Å². The maximum Gasteiger partial charge on any atom is 0.265 e. The molecule has 1 aromatic carbocycles. The Balaban J connectivity index is 1.63. The highest BCUT2D eigenvalue weighted by molar-refractivity contribution is 6.24. The van der Waals surface area contributed by atoms with Crippen LogP contribution < -0.4 is 15.5 Å². The quantitative estimate of drug-likeness (QED) is 0.602. The number of piperidine rings is 1. The summed E-state index contributed by atoms with van der Waals surface area (Å²) < 4.78 is 99.5. The third-order valence-electron chi connectivity index (χ3n) is 5.72. The molecule has 0 radical (unpaired) electrons. The average Bonchev–Trinajstić information content (AvgIpc) is 3.03. The minimum Gasteiger partial charge on any atom is -0.364 e. The molecule has 1 atom stereocenters. The Morgan fingerprint density at radius 2 is 1.78 bits per heavy atom. The van der Waals surface area contributed by atoms with E-state index in [0.717, 1.165) is 0 Å². The zero-order valence-electron chi connectivity index (χ0n) is 24.5. The molecule has 0 aromatic heterocycles. The summed E-state index contributed by atoms with van der Waals surface area (Å²) in [4.78, 5) is 50.3. The number of nitrogens with one attached hydrogen (secondary N) is 2. The van der Waals surface area contributed by atoms with Crippen LogP contribution in [-0.4, -0.2) is 85.1 Å². The number of imide groups is 2. The maximum atomic E-state index is 16.1. The van der Waals surface area contributed by atoms with Crippen LogP contribution in [0.4, 0.5) is 14.5 Å². The Labute approximate surface area is 193 Å². The molecule has 1 unspecified atom stereocenters. The highest BCUT2D eigenvalue weighted by atomic mass is 19.1. The number of hydrogen-bond donors (Lipinski definition) is 2. The van der Waals surface area contributed by atoms with Crippen LogP contribution >= 0.6 is 0 Å². The number of fused-ring (bicyclic) bond motifs is 1. The Hall–Kier alpha value is -2.92. The summed E-state index contributed by atoms with van der Waals surface area (Å²) in [5.74, 6) is -8.46. The second-order valence-corrected chi connectivity index (χ2v) is 7.81. The molecule has 3 saturated heterocycles. The number of anilines is 1. The molecule has 11 heteroatoms. The number of carbonyl (C=O) groups excluding carboxylic acids is 4. The molecule has 32 heavy (non-hydrogen) atoms. The Morgan fingerprint density at radius 1 is 1.06 bits per heavy atom. The first-order valence-electron chi connectivity index (χ1n) is 13.9. The van der Waals surface area contributed by atoms with Crippen molar-refractivity contribution in [1.29, 1.82) is 0 Å². The van der Waals surface area contributed by atoms with Gasteiger partial charge in [0.25, 0.3) is 11.8 Å². The van der Waals surface area contributed by atoms with E-state index in [4.69, 9.17) is 11.0 Å². The minimum atomic E-state index is -3.62. The Kier molecular flexibility index (Phi) is 3.35. The van der Waals surface area contributed by atoms with Gasteiger partial charge in [0.05, 0.1) is 16.6 Å². The fraction of sp³-hybridized carbons (Fsp3) is 0.524. The van der Waals surface area contributed by atoms with Crippen molar-refractivity contribution < 1.29 is 38.9 Å². The fourth-order valence-electron chi connectivity index (χ4n) is 3.96. The van der Waals surface area contributed by atoms with Crippen molar-refractivity contribution in [3.05, 3.63) is 28.8 Å². The molecule has 0 spiro atoms. The summed E-state index contributed by atoms with van der Waals surface area (Å²) in [6.07, 6.45) is -0.547. The maximum absolute atomic E-state index is 16.1. The van der Waals surface area contributed by atoms with Crippen LogP contribution in [0, 0.1) is 17.6 Å². The third kappa shape index (κ3) is 3.36. The zero-order valence-corrected chi connectivity index (χ0v) is 16.5. The van der Waals surface area contributed by atoms with Crippen molar-refractivity contribution in [1.82, 2.24) is 20.4 Å². The summed E-state index contributed by atoms with van der Waals surface area (Å²) in [5, 5.41) is 4.82. The van der Waals surface area contributed by atoms with Gasteiger partial charge >= 0.3 is 0 Å². The standard InChI is InChI=1S/C21H23F2N5O4/c22-13-7-12-16(21(32)28(20(12)31)14-1-2-15(29)25-19(14)30)17(23)18(13)27-5-3-26(4-6-27)10-11-8-24-9-11/h7,11,14,24H,1-6,8-10H2,(H,25,29,30)/i3D2,4D2,5D2,6D2. The average molecular weight is 455 g/mol. The molecular weight excluding hydrogens is 424 g/mol. The van der Waals surface area contributed by atoms with E-state index in [9.17, 15) is 19.2 Å². The van der Waals surface area contributed by atoms with Crippen molar-refractivity contribution in [3.8, 4) is 0 Å². The van der Waals surface area contributed by atoms with Gasteiger partial charge < -0.3 is 10.2 Å². The highest BCUT2D eigenvalue weighted by Crippen LogP contribution is 2.36. The fourth-order valence-corrected chi connectivity index (χ4v) is 3.96. The monoisotopic (exact) mass is 455 g/mol. The lowest BCUT2D eigenvalue weighted by Gasteiger charge is -2.39. The number of halogens is 2. The van der Waals surface area contributed by atoms with E-state index in [2.05, 4.69) is 5.32 Å². The van der Waals surface area contributed by atoms with Gasteiger partial charge in [0, 0.05) is 57.5 Å². The summed E-state index contributed by atoms with van der Waals surface area (Å²) in [6, 6.07) is -1.20. The van der Waals surface area contributed by atoms with Crippen LogP contribution in [0.15, 0.2) is 6.07 Å². The second kappa shape index (κ2) is 7.89. The van der Waals surface area contributed by atoms with E-state index < -0.39 is 90.7 Å². The first-order chi connectivity index (χ1) is 18.4. The van der Waals surface area contributed by atoms with E-state index in [1.165, 1.54) is 0 Å². The first-order valence-corrected chi connectivity index (χ1v) is 9.89. The molecule has 4 aliphatic rings. The normalized spacial score (nSPS) is 34.6. The zero-order chi connectivity index (χ0) is 29.7. The number of carbonyl (C=O) groups is 4. The molecular formula is C21H23F2N5O4. The lowest BCUT2D eigenvalue weighted by Crippen LogP contribution is -2.54. The third-order valence-corrected chi connectivity index (χ3v) is 5.72. The van der Waals surface area contributed by atoms with E-state index in [0.29, 0.717) is 29.0 Å². The smallest absolute Gasteiger partial charge is 0.265 e. The van der Waals surface area contributed by atoms with E-state index in [1.54, 1.807) is 0 Å². The second-order valence-electron chi connectivity index (χ2n) is 7.81. The largest absolute Gasteiger partial charge is 0.364 e. The van der Waals surface area contributed by atoms with Gasteiger partial charge in [-0.3, -0.25) is 34.3 Å². The Bertz CT molecular complexity index is 1330. The molecule has 2 N–H and O–H groups in total. The van der Waals surface area contributed by atoms with Gasteiger partial charge in [0.15, 0.2) is 5.82 Å². The summed E-state index contributed by atoms with van der Waals surface area (Å²) in [5.41, 5.74) is -3.57. The summed E-state index contributed by atoms with van der Waals surface area (Å²) in [7, 11) is 0. The SMILES string of the molecule is [2H]C1([2H])N(CC2CNC2)C([2H])([2H])C([2H])([2H])N(c2c(F)cc3c(c2F)C(=O)N(C2CCC(=O)NC2=O)C3=O)C1([2H])[2H]. The molecule has 1 aromatic rings. The molecule has 170 valence electrons. The van der Waals surface area contributed by atoms with Gasteiger partial charge in [0.1, 0.15) is 17.5 Å². The van der Waals surface area contributed by atoms with Crippen molar-refractivity contribution in [2.75, 3.05) is 50.5 Å². The van der Waals surface area contributed by atoms with Gasteiger partial charge in [0.2, 0.25) is 11.8 Å². The Morgan fingerprint density at radius 3 is 2.41 bits per heavy atom. The molecule has 3 fully saturated rings. The van der Waals surface area contributed by atoms with Gasteiger partial charge in [-0.25, -0.2) is 8.78 Å². The molecule has 4 heterocycles. The van der Waals surface area contributed by atoms with E-state index in [1.807, 2.05) is 5.32 Å². The number of piperazine rings is 1. The predicted molar refractivity (Wildman–Crippen MR) is 108 cm³/mol. The van der Waals surface area contributed by atoms with Gasteiger partial charge in [-0.1, -0.05) is 0 Å². The number of benzene rings is 1. The molecule has 0 bridgehead atoms. The van der Waals surface area contributed by atoms with Gasteiger partial charge in [-0.05, 0) is 18.4 Å². The van der Waals surface area contributed by atoms with Crippen LogP contribution in [0.3, 0.4) is 0 Å². The topological polar surface area (TPSA) is 102 Å². The molecule has 5 rings (SSSR count).